The number of benzene rings is 2. The summed E-state index contributed by atoms with van der Waals surface area (Å²) < 4.78 is 1.83. The molecule has 0 saturated heterocycles. The fraction of sp³-hybridized carbons (Fsp3) is 0.235. The van der Waals surface area contributed by atoms with Gasteiger partial charge in [-0.1, -0.05) is 22.9 Å². The molecular weight excluding hydrogens is 312 g/mol. The van der Waals surface area contributed by atoms with Crippen LogP contribution in [0.4, 0.5) is 5.69 Å². The van der Waals surface area contributed by atoms with E-state index in [0.29, 0.717) is 21.8 Å². The first-order valence-corrected chi connectivity index (χ1v) is 7.76. The summed E-state index contributed by atoms with van der Waals surface area (Å²) >= 11 is 6.08. The number of carbonyl (C=O) groups excluding carboxylic acids is 1. The molecule has 1 amide bonds. The Kier molecular flexibility index (Phi) is 4.05. The number of rotatable bonds is 3. The first-order chi connectivity index (χ1) is 11.0. The lowest BCUT2D eigenvalue weighted by Crippen LogP contribution is -2.12. The van der Waals surface area contributed by atoms with Gasteiger partial charge in [0.2, 0.25) is 0 Å². The highest BCUT2D eigenvalue weighted by molar-refractivity contribution is 6.31. The van der Waals surface area contributed by atoms with Gasteiger partial charge >= 0.3 is 0 Å². The van der Waals surface area contributed by atoms with Crippen LogP contribution < -0.4 is 5.32 Å². The molecule has 0 bridgehead atoms. The Morgan fingerprint density at radius 3 is 2.78 bits per heavy atom. The van der Waals surface area contributed by atoms with E-state index in [1.54, 1.807) is 18.2 Å². The minimum atomic E-state index is -0.198. The van der Waals surface area contributed by atoms with Crippen molar-refractivity contribution in [1.82, 2.24) is 15.0 Å². The van der Waals surface area contributed by atoms with Gasteiger partial charge in [-0.2, -0.15) is 0 Å². The van der Waals surface area contributed by atoms with Gasteiger partial charge in [-0.25, -0.2) is 4.68 Å². The van der Waals surface area contributed by atoms with Crippen LogP contribution in [0, 0.1) is 6.92 Å². The summed E-state index contributed by atoms with van der Waals surface area (Å²) in [5, 5.41) is 11.8. The summed E-state index contributed by atoms with van der Waals surface area (Å²) in [5.41, 5.74) is 3.69. The molecule has 3 aromatic rings. The molecule has 0 spiro atoms. The van der Waals surface area contributed by atoms with E-state index in [-0.39, 0.29) is 11.9 Å². The van der Waals surface area contributed by atoms with Crippen molar-refractivity contribution in [3.05, 3.63) is 52.5 Å². The summed E-state index contributed by atoms with van der Waals surface area (Å²) in [6, 6.07) is 11.0. The van der Waals surface area contributed by atoms with Gasteiger partial charge < -0.3 is 5.32 Å². The molecule has 0 saturated carbocycles. The summed E-state index contributed by atoms with van der Waals surface area (Å²) in [5.74, 6) is -0.198. The second-order valence-corrected chi connectivity index (χ2v) is 6.10. The Balaban J connectivity index is 1.91. The van der Waals surface area contributed by atoms with E-state index in [9.17, 15) is 4.79 Å². The minimum absolute atomic E-state index is 0.198. The van der Waals surface area contributed by atoms with Gasteiger partial charge in [0.05, 0.1) is 5.52 Å². The van der Waals surface area contributed by atoms with Crippen molar-refractivity contribution in [2.24, 2.45) is 0 Å². The molecule has 1 aromatic heterocycles. The predicted octanol–water partition coefficient (Wildman–Crippen LogP) is 4.23. The average Bonchev–Trinajstić information content (AvgIpc) is 2.95. The number of nitrogens with one attached hydrogen (secondary N) is 1. The van der Waals surface area contributed by atoms with Crippen molar-refractivity contribution in [3.8, 4) is 0 Å². The third kappa shape index (κ3) is 2.92. The number of hydrogen-bond acceptors (Lipinski definition) is 3. The number of amides is 1. The van der Waals surface area contributed by atoms with E-state index in [1.165, 1.54) is 0 Å². The Labute approximate surface area is 139 Å². The van der Waals surface area contributed by atoms with Crippen LogP contribution in [0.3, 0.4) is 0 Å². The van der Waals surface area contributed by atoms with Crippen molar-refractivity contribution in [3.63, 3.8) is 0 Å². The number of nitrogens with zero attached hydrogens (tertiary/aromatic N) is 3. The van der Waals surface area contributed by atoms with Gasteiger partial charge in [0, 0.05) is 22.3 Å². The van der Waals surface area contributed by atoms with Gasteiger partial charge in [0.1, 0.15) is 5.52 Å². The lowest BCUT2D eigenvalue weighted by molar-refractivity contribution is 0.102. The predicted molar refractivity (Wildman–Crippen MR) is 92.1 cm³/mol. The molecule has 118 valence electrons. The monoisotopic (exact) mass is 328 g/mol. The van der Waals surface area contributed by atoms with Crippen LogP contribution >= 0.6 is 11.6 Å². The molecule has 5 nitrogen and oxygen atoms in total. The minimum Gasteiger partial charge on any atom is -0.322 e. The van der Waals surface area contributed by atoms with Crippen LogP contribution in [0.15, 0.2) is 36.4 Å². The molecule has 1 heterocycles. The number of hydrogen-bond donors (Lipinski definition) is 1. The Morgan fingerprint density at radius 1 is 1.26 bits per heavy atom. The van der Waals surface area contributed by atoms with Crippen molar-refractivity contribution in [2.45, 2.75) is 26.8 Å². The maximum Gasteiger partial charge on any atom is 0.255 e. The molecular formula is C17H17ClN4O. The fourth-order valence-corrected chi connectivity index (χ4v) is 2.58. The zero-order valence-electron chi connectivity index (χ0n) is 13.2. The molecule has 0 aliphatic rings. The smallest absolute Gasteiger partial charge is 0.255 e. The number of carbonyl (C=O) groups is 1. The summed E-state index contributed by atoms with van der Waals surface area (Å²) in [6.45, 7) is 5.95. The molecule has 1 N–H and O–H groups in total. The summed E-state index contributed by atoms with van der Waals surface area (Å²) in [6.07, 6.45) is 0. The molecule has 23 heavy (non-hydrogen) atoms. The second kappa shape index (κ2) is 6.01. The van der Waals surface area contributed by atoms with Gasteiger partial charge in [0.25, 0.3) is 5.91 Å². The maximum atomic E-state index is 12.5. The molecule has 0 fully saturated rings. The maximum absolute atomic E-state index is 12.5. The first-order valence-electron chi connectivity index (χ1n) is 7.39. The molecule has 2 aromatic carbocycles. The highest BCUT2D eigenvalue weighted by atomic mass is 35.5. The van der Waals surface area contributed by atoms with Gasteiger partial charge in [0.15, 0.2) is 0 Å². The number of halogens is 1. The zero-order valence-corrected chi connectivity index (χ0v) is 13.9. The molecule has 0 radical (unpaired) electrons. The SMILES string of the molecule is Cc1c(Cl)cccc1NC(=O)c1ccc2c(c1)nnn2C(C)C. The fourth-order valence-electron chi connectivity index (χ4n) is 2.40. The van der Waals surface area contributed by atoms with Crippen LogP contribution in [0.2, 0.25) is 5.02 Å². The van der Waals surface area contributed by atoms with Gasteiger partial charge in [-0.3, -0.25) is 4.79 Å². The molecule has 6 heteroatoms. The standard InChI is InChI=1S/C17H17ClN4O/c1-10(2)22-16-8-7-12(9-15(16)20-21-22)17(23)19-14-6-4-5-13(18)11(14)3/h4-10H,1-3H3,(H,19,23). The summed E-state index contributed by atoms with van der Waals surface area (Å²) in [7, 11) is 0. The normalized spacial score (nSPS) is 11.2. The van der Waals surface area contributed by atoms with Crippen molar-refractivity contribution in [1.29, 1.82) is 0 Å². The number of fused-ring (bicyclic) bond motifs is 1. The van der Waals surface area contributed by atoms with Crippen LogP contribution in [0.1, 0.15) is 35.8 Å². The van der Waals surface area contributed by atoms with Crippen LogP contribution in [0.5, 0.6) is 0 Å². The second-order valence-electron chi connectivity index (χ2n) is 5.70. The average molecular weight is 329 g/mol. The highest BCUT2D eigenvalue weighted by Gasteiger charge is 2.13. The molecule has 0 aliphatic heterocycles. The molecule has 3 rings (SSSR count). The Bertz CT molecular complexity index is 885. The van der Waals surface area contributed by atoms with Crippen LogP contribution in [-0.2, 0) is 0 Å². The molecule has 0 aliphatic carbocycles. The van der Waals surface area contributed by atoms with Crippen molar-refractivity contribution >= 4 is 34.2 Å². The number of anilines is 1. The lowest BCUT2D eigenvalue weighted by atomic mass is 10.1. The first kappa shape index (κ1) is 15.5. The lowest BCUT2D eigenvalue weighted by Gasteiger charge is -2.10. The van der Waals surface area contributed by atoms with Gasteiger partial charge in [-0.15, -0.1) is 5.10 Å². The zero-order chi connectivity index (χ0) is 16.6. The van der Waals surface area contributed by atoms with Gasteiger partial charge in [-0.05, 0) is 56.7 Å². The van der Waals surface area contributed by atoms with Crippen molar-refractivity contribution < 1.29 is 4.79 Å². The van der Waals surface area contributed by atoms with E-state index in [1.807, 2.05) is 43.7 Å². The van der Waals surface area contributed by atoms with E-state index in [4.69, 9.17) is 11.6 Å². The Morgan fingerprint density at radius 2 is 2.04 bits per heavy atom. The largest absolute Gasteiger partial charge is 0.322 e. The summed E-state index contributed by atoms with van der Waals surface area (Å²) in [4.78, 5) is 12.5. The third-order valence-corrected chi connectivity index (χ3v) is 4.15. The number of aromatic nitrogens is 3. The van der Waals surface area contributed by atoms with Crippen LogP contribution in [-0.4, -0.2) is 20.9 Å². The van der Waals surface area contributed by atoms with Crippen molar-refractivity contribution in [2.75, 3.05) is 5.32 Å². The van der Waals surface area contributed by atoms with E-state index in [0.717, 1.165) is 11.1 Å². The van der Waals surface area contributed by atoms with Crippen LogP contribution in [0.25, 0.3) is 11.0 Å². The van der Waals surface area contributed by atoms with E-state index >= 15 is 0 Å². The van der Waals surface area contributed by atoms with E-state index < -0.39 is 0 Å². The third-order valence-electron chi connectivity index (χ3n) is 3.74. The topological polar surface area (TPSA) is 59.8 Å². The quantitative estimate of drug-likeness (QED) is 0.782. The highest BCUT2D eigenvalue weighted by Crippen LogP contribution is 2.24. The Hall–Kier alpha value is -2.40. The van der Waals surface area contributed by atoms with E-state index in [2.05, 4.69) is 15.6 Å². The molecule has 0 unspecified atom stereocenters. The molecule has 0 atom stereocenters.